The highest BCUT2D eigenvalue weighted by atomic mass is 16.5. The zero-order valence-electron chi connectivity index (χ0n) is 5.00. The molecule has 8 heavy (non-hydrogen) atoms. The van der Waals surface area contributed by atoms with Gasteiger partial charge in [0.2, 0.25) is 0 Å². The van der Waals surface area contributed by atoms with Gasteiger partial charge in [-0.25, -0.2) is 0 Å². The van der Waals surface area contributed by atoms with E-state index in [-0.39, 0.29) is 0 Å². The quantitative estimate of drug-likeness (QED) is 0.420. The summed E-state index contributed by atoms with van der Waals surface area (Å²) in [6.07, 6.45) is -0.00926. The second-order valence-corrected chi connectivity index (χ2v) is 1.75. The minimum Gasteiger partial charge on any atom is -0.388 e. The fraction of sp³-hybridized carbons (Fsp3) is 0.800. The Bertz CT molecular complexity index is 68.1. The lowest BCUT2D eigenvalue weighted by molar-refractivity contribution is -0.194. The van der Waals surface area contributed by atoms with Gasteiger partial charge in [0.1, 0.15) is 6.10 Å². The molecule has 0 aromatic heterocycles. The molecule has 0 saturated heterocycles. The summed E-state index contributed by atoms with van der Waals surface area (Å²) in [7, 11) is 0. The van der Waals surface area contributed by atoms with Crippen molar-refractivity contribution in [2.75, 3.05) is 0 Å². The SMILES string of the molecule is C[CH]C(O)(O)[C@@H](C)O. The van der Waals surface area contributed by atoms with Gasteiger partial charge in [-0.15, -0.1) is 0 Å². The van der Waals surface area contributed by atoms with Gasteiger partial charge >= 0.3 is 0 Å². The maximum Gasteiger partial charge on any atom is 0.192 e. The van der Waals surface area contributed by atoms with Crippen molar-refractivity contribution in [3.8, 4) is 0 Å². The lowest BCUT2D eigenvalue weighted by Crippen LogP contribution is -2.39. The molecule has 0 aliphatic rings. The van der Waals surface area contributed by atoms with E-state index in [1.165, 1.54) is 13.8 Å². The van der Waals surface area contributed by atoms with E-state index in [2.05, 4.69) is 0 Å². The fourth-order valence-corrected chi connectivity index (χ4v) is 0.241. The van der Waals surface area contributed by atoms with Crippen molar-refractivity contribution in [3.63, 3.8) is 0 Å². The van der Waals surface area contributed by atoms with Gasteiger partial charge in [0, 0.05) is 6.42 Å². The molecule has 3 N–H and O–H groups in total. The molecule has 0 spiro atoms. The second kappa shape index (κ2) is 2.44. The Balaban J connectivity index is 3.71. The monoisotopic (exact) mass is 119 g/mol. The second-order valence-electron chi connectivity index (χ2n) is 1.75. The average Bonchev–Trinajstić information content (AvgIpc) is 1.67. The fourth-order valence-electron chi connectivity index (χ4n) is 0.241. The molecule has 3 nitrogen and oxygen atoms in total. The molecule has 1 atom stereocenters. The molecule has 0 aromatic carbocycles. The lowest BCUT2D eigenvalue weighted by Gasteiger charge is -2.21. The molecule has 0 aromatic rings. The third-order valence-corrected chi connectivity index (χ3v) is 1.04. The van der Waals surface area contributed by atoms with Crippen molar-refractivity contribution in [3.05, 3.63) is 6.42 Å². The molecule has 0 unspecified atom stereocenters. The van der Waals surface area contributed by atoms with Crippen LogP contribution in [0.4, 0.5) is 0 Å². The van der Waals surface area contributed by atoms with Crippen molar-refractivity contribution in [2.24, 2.45) is 0 Å². The van der Waals surface area contributed by atoms with E-state index < -0.39 is 11.9 Å². The van der Waals surface area contributed by atoms with Crippen molar-refractivity contribution < 1.29 is 15.3 Å². The lowest BCUT2D eigenvalue weighted by atomic mass is 10.1. The highest BCUT2D eigenvalue weighted by Gasteiger charge is 2.26. The molecule has 49 valence electrons. The zero-order valence-corrected chi connectivity index (χ0v) is 5.00. The number of aliphatic hydroxyl groups is 3. The molecule has 1 radical (unpaired) electrons. The predicted octanol–water partition coefficient (Wildman–Crippen LogP) is -0.728. The van der Waals surface area contributed by atoms with Crippen molar-refractivity contribution in [1.82, 2.24) is 0 Å². The Kier molecular flexibility index (Phi) is 2.40. The highest BCUT2D eigenvalue weighted by molar-refractivity contribution is 4.82. The van der Waals surface area contributed by atoms with Crippen molar-refractivity contribution in [1.29, 1.82) is 0 Å². The van der Waals surface area contributed by atoms with Crippen molar-refractivity contribution >= 4 is 0 Å². The van der Waals surface area contributed by atoms with Crippen LogP contribution in [0.25, 0.3) is 0 Å². The molecule has 0 heterocycles. The van der Waals surface area contributed by atoms with Crippen LogP contribution in [0.1, 0.15) is 13.8 Å². The summed E-state index contributed by atoms with van der Waals surface area (Å²) in [5.74, 6) is -2.03. The Hall–Kier alpha value is -0.120. The zero-order chi connectivity index (χ0) is 6.78. The third kappa shape index (κ3) is 1.78. The average molecular weight is 119 g/mol. The van der Waals surface area contributed by atoms with E-state index in [0.717, 1.165) is 6.42 Å². The molecule has 0 bridgehead atoms. The van der Waals surface area contributed by atoms with Gasteiger partial charge in [-0.3, -0.25) is 0 Å². The van der Waals surface area contributed by atoms with Gasteiger partial charge in [0.25, 0.3) is 0 Å². The summed E-state index contributed by atoms with van der Waals surface area (Å²) >= 11 is 0. The number of hydrogen-bond acceptors (Lipinski definition) is 3. The third-order valence-electron chi connectivity index (χ3n) is 1.04. The highest BCUT2D eigenvalue weighted by Crippen LogP contribution is 2.08. The van der Waals surface area contributed by atoms with Gasteiger partial charge in [-0.1, -0.05) is 6.92 Å². The Morgan fingerprint density at radius 1 is 1.50 bits per heavy atom. The Labute approximate surface area is 48.6 Å². The first-order valence-electron chi connectivity index (χ1n) is 2.44. The standard InChI is InChI=1S/C5H11O3/c1-3-5(7,8)4(2)6/h3-4,6-8H,1-2H3/t4-/m1/s1. The Morgan fingerprint density at radius 3 is 1.88 bits per heavy atom. The van der Waals surface area contributed by atoms with Gasteiger partial charge in [-0.05, 0) is 6.92 Å². The maximum atomic E-state index is 8.65. The summed E-state index contributed by atoms with van der Waals surface area (Å²) in [6, 6.07) is 0. The molecule has 0 saturated carbocycles. The first-order chi connectivity index (χ1) is 3.50. The number of aliphatic hydroxyl groups excluding tert-OH is 1. The molecule has 0 aliphatic heterocycles. The summed E-state index contributed by atoms with van der Waals surface area (Å²) in [5.41, 5.74) is 0. The van der Waals surface area contributed by atoms with Crippen molar-refractivity contribution in [2.45, 2.75) is 25.7 Å². The van der Waals surface area contributed by atoms with Crippen LogP contribution >= 0.6 is 0 Å². The molecule has 0 rings (SSSR count). The molecular weight excluding hydrogens is 108 g/mol. The summed E-state index contributed by atoms with van der Waals surface area (Å²) in [6.45, 7) is 2.77. The smallest absolute Gasteiger partial charge is 0.192 e. The van der Waals surface area contributed by atoms with Gasteiger partial charge in [0.05, 0.1) is 0 Å². The van der Waals surface area contributed by atoms with Crippen LogP contribution in [0.2, 0.25) is 0 Å². The van der Waals surface area contributed by atoms with Gasteiger partial charge in [0.15, 0.2) is 5.79 Å². The van der Waals surface area contributed by atoms with E-state index in [9.17, 15) is 0 Å². The maximum absolute atomic E-state index is 8.65. The molecular formula is C5H11O3. The van der Waals surface area contributed by atoms with E-state index in [1.54, 1.807) is 0 Å². The van der Waals surface area contributed by atoms with Crippen LogP contribution in [-0.4, -0.2) is 27.2 Å². The minimum atomic E-state index is -2.03. The van der Waals surface area contributed by atoms with E-state index in [4.69, 9.17) is 15.3 Å². The van der Waals surface area contributed by atoms with Gasteiger partial charge in [-0.2, -0.15) is 0 Å². The van der Waals surface area contributed by atoms with E-state index in [1.807, 2.05) is 0 Å². The summed E-state index contributed by atoms with van der Waals surface area (Å²) in [5, 5.41) is 25.8. The normalized spacial score (nSPS) is 16.1. The van der Waals surface area contributed by atoms with Crippen LogP contribution in [0.3, 0.4) is 0 Å². The van der Waals surface area contributed by atoms with Gasteiger partial charge < -0.3 is 15.3 Å². The minimum absolute atomic E-state index is 1.12. The van der Waals surface area contributed by atoms with Crippen LogP contribution in [0, 0.1) is 6.42 Å². The van der Waals surface area contributed by atoms with E-state index >= 15 is 0 Å². The van der Waals surface area contributed by atoms with Crippen LogP contribution in [0.15, 0.2) is 0 Å². The Morgan fingerprint density at radius 2 is 1.88 bits per heavy atom. The van der Waals surface area contributed by atoms with Crippen LogP contribution in [0.5, 0.6) is 0 Å². The van der Waals surface area contributed by atoms with E-state index in [0.29, 0.717) is 0 Å². The topological polar surface area (TPSA) is 60.7 Å². The summed E-state index contributed by atoms with van der Waals surface area (Å²) < 4.78 is 0. The predicted molar refractivity (Wildman–Crippen MR) is 28.8 cm³/mol. The molecule has 3 heteroatoms. The summed E-state index contributed by atoms with van der Waals surface area (Å²) in [4.78, 5) is 0. The first kappa shape index (κ1) is 7.88. The molecule has 0 fully saturated rings. The van der Waals surface area contributed by atoms with Crippen LogP contribution in [-0.2, 0) is 0 Å². The molecule has 0 aliphatic carbocycles. The molecule has 0 amide bonds. The largest absolute Gasteiger partial charge is 0.388 e. The first-order valence-corrected chi connectivity index (χ1v) is 2.44. The number of rotatable bonds is 2. The van der Waals surface area contributed by atoms with Crippen LogP contribution < -0.4 is 0 Å². The number of hydrogen-bond donors (Lipinski definition) is 3.